The summed E-state index contributed by atoms with van der Waals surface area (Å²) in [6, 6.07) is 11.9. The zero-order chi connectivity index (χ0) is 30.0. The number of amides is 1. The van der Waals surface area contributed by atoms with Crippen LogP contribution in [0, 0.1) is 23.2 Å². The predicted molar refractivity (Wildman–Crippen MR) is 143 cm³/mol. The van der Waals surface area contributed by atoms with Crippen molar-refractivity contribution in [3.63, 3.8) is 0 Å². The van der Waals surface area contributed by atoms with Gasteiger partial charge in [-0.15, -0.1) is 10.2 Å². The molecule has 0 bridgehead atoms. The van der Waals surface area contributed by atoms with E-state index in [1.54, 1.807) is 34.0 Å². The van der Waals surface area contributed by atoms with Crippen LogP contribution in [0.15, 0.2) is 42.7 Å². The highest BCUT2D eigenvalue weighted by Crippen LogP contribution is 2.52. The van der Waals surface area contributed by atoms with Crippen molar-refractivity contribution < 1.29 is 26.7 Å². The summed E-state index contributed by atoms with van der Waals surface area (Å²) in [4.78, 5) is 16.7. The molecule has 6 rings (SSSR count). The first-order chi connectivity index (χ1) is 19.8. The van der Waals surface area contributed by atoms with Crippen LogP contribution in [-0.2, 0) is 31.7 Å². The summed E-state index contributed by atoms with van der Waals surface area (Å²) < 4.78 is 72.6. The molecular weight excluding hydrogens is 555 g/mol. The number of piperidine rings is 1. The lowest BCUT2D eigenvalue weighted by atomic mass is 9.58. The van der Waals surface area contributed by atoms with Gasteiger partial charge in [-0.2, -0.15) is 18.4 Å². The average Bonchev–Trinajstić information content (AvgIpc) is 3.49. The minimum absolute atomic E-state index is 0.0307. The number of halogens is 5. The van der Waals surface area contributed by atoms with Crippen LogP contribution in [0.2, 0.25) is 0 Å². The first-order valence-corrected chi connectivity index (χ1v) is 13.8. The number of fused-ring (bicyclic) bond motifs is 1. The molecule has 0 spiro atoms. The molecule has 1 aliphatic carbocycles. The Kier molecular flexibility index (Phi) is 6.64. The molecule has 1 amide bonds. The highest BCUT2D eigenvalue weighted by molar-refractivity contribution is 6.10. The van der Waals surface area contributed by atoms with Gasteiger partial charge in [0.2, 0.25) is 0 Å². The average molecular weight is 585 g/mol. The normalized spacial score (nSPS) is 25.7. The molecule has 3 heterocycles. The molecule has 0 unspecified atom stereocenters. The van der Waals surface area contributed by atoms with Gasteiger partial charge < -0.3 is 9.47 Å². The third-order valence-corrected chi connectivity index (χ3v) is 9.05. The van der Waals surface area contributed by atoms with Crippen molar-refractivity contribution in [2.45, 2.75) is 56.8 Å². The Hall–Kier alpha value is -3.85. The van der Waals surface area contributed by atoms with Crippen LogP contribution in [0.25, 0.3) is 0 Å². The molecule has 1 atom stereocenters. The zero-order valence-corrected chi connectivity index (χ0v) is 23.1. The fourth-order valence-electron chi connectivity index (χ4n) is 6.70. The van der Waals surface area contributed by atoms with Gasteiger partial charge in [0, 0.05) is 56.2 Å². The van der Waals surface area contributed by atoms with E-state index in [2.05, 4.69) is 16.3 Å². The summed E-state index contributed by atoms with van der Waals surface area (Å²) in [5, 5.41) is 17.8. The molecule has 2 aliphatic heterocycles. The van der Waals surface area contributed by atoms with Crippen LogP contribution in [0.4, 0.5) is 27.6 Å². The molecular formula is C30H29F5N6O. The monoisotopic (exact) mass is 584 g/mol. The van der Waals surface area contributed by atoms with Gasteiger partial charge in [0.15, 0.2) is 0 Å². The number of alkyl halides is 5. The first kappa shape index (κ1) is 28.3. The minimum atomic E-state index is -4.70. The smallest absolute Gasteiger partial charge is 0.320 e. The zero-order valence-electron chi connectivity index (χ0n) is 23.1. The molecule has 0 radical (unpaired) electrons. The van der Waals surface area contributed by atoms with E-state index in [9.17, 15) is 32.0 Å². The molecule has 3 aromatic rings. The Labute approximate surface area is 239 Å². The highest BCUT2D eigenvalue weighted by Gasteiger charge is 2.50. The number of benzene rings is 2. The lowest BCUT2D eigenvalue weighted by Crippen LogP contribution is -2.45. The number of nitriles is 1. The topological polar surface area (TPSA) is 78.1 Å². The van der Waals surface area contributed by atoms with E-state index in [4.69, 9.17) is 0 Å². The van der Waals surface area contributed by atoms with E-state index in [-0.39, 0.29) is 55.2 Å². The maximum absolute atomic E-state index is 14.3. The third-order valence-electron chi connectivity index (χ3n) is 9.05. The van der Waals surface area contributed by atoms with Crippen molar-refractivity contribution in [3.05, 3.63) is 76.4 Å². The van der Waals surface area contributed by atoms with E-state index in [0.717, 1.165) is 11.6 Å². The van der Waals surface area contributed by atoms with Gasteiger partial charge in [0.25, 0.3) is 11.8 Å². The van der Waals surface area contributed by atoms with Gasteiger partial charge >= 0.3 is 6.18 Å². The number of aromatic nitrogens is 3. The number of rotatable bonds is 5. The summed E-state index contributed by atoms with van der Waals surface area (Å²) in [6.07, 6.45) is -2.46. The number of hydrogen-bond acceptors (Lipinski definition) is 5. The number of anilines is 1. The molecule has 1 saturated carbocycles. The van der Waals surface area contributed by atoms with Crippen molar-refractivity contribution in [1.29, 1.82) is 5.26 Å². The van der Waals surface area contributed by atoms with E-state index < -0.39 is 34.9 Å². The maximum atomic E-state index is 14.3. The van der Waals surface area contributed by atoms with E-state index >= 15 is 0 Å². The molecule has 1 aromatic heterocycles. The van der Waals surface area contributed by atoms with Gasteiger partial charge in [0.05, 0.1) is 23.6 Å². The van der Waals surface area contributed by atoms with Gasteiger partial charge in [-0.3, -0.25) is 9.69 Å². The molecule has 2 fully saturated rings. The first-order valence-electron chi connectivity index (χ1n) is 13.8. The molecule has 7 nitrogen and oxygen atoms in total. The van der Waals surface area contributed by atoms with Crippen LogP contribution in [0.1, 0.15) is 64.6 Å². The number of nitrogens with zero attached hydrogens (tertiary/aromatic N) is 6. The number of hydrogen-bond donors (Lipinski definition) is 0. The molecule has 12 heteroatoms. The van der Waals surface area contributed by atoms with Crippen LogP contribution in [0.5, 0.6) is 0 Å². The van der Waals surface area contributed by atoms with Crippen molar-refractivity contribution in [2.24, 2.45) is 18.9 Å². The van der Waals surface area contributed by atoms with E-state index in [1.165, 1.54) is 17.9 Å². The van der Waals surface area contributed by atoms with Crippen molar-refractivity contribution in [2.75, 3.05) is 18.0 Å². The summed E-state index contributed by atoms with van der Waals surface area (Å²) >= 11 is 0. The Bertz CT molecular complexity index is 1590. The van der Waals surface area contributed by atoms with Crippen LogP contribution in [-0.4, -0.2) is 44.6 Å². The van der Waals surface area contributed by atoms with E-state index in [1.807, 2.05) is 13.1 Å². The Balaban J connectivity index is 1.33. The van der Waals surface area contributed by atoms with Crippen molar-refractivity contribution >= 4 is 11.6 Å². The second kappa shape index (κ2) is 9.87. The van der Waals surface area contributed by atoms with Crippen LogP contribution >= 0.6 is 0 Å². The van der Waals surface area contributed by atoms with Gasteiger partial charge in [-0.25, -0.2) is 8.78 Å². The molecule has 1 saturated heterocycles. The number of carbonyl (C=O) groups excluding carboxylic acids is 1. The summed E-state index contributed by atoms with van der Waals surface area (Å²) in [5.41, 5.74) is -0.113. The van der Waals surface area contributed by atoms with Crippen LogP contribution < -0.4 is 4.90 Å². The lowest BCUT2D eigenvalue weighted by Gasteiger charge is -2.44. The quantitative estimate of drug-likeness (QED) is 0.360. The Morgan fingerprint density at radius 2 is 1.93 bits per heavy atom. The minimum Gasteiger partial charge on any atom is -0.320 e. The second-order valence-corrected chi connectivity index (χ2v) is 11.8. The summed E-state index contributed by atoms with van der Waals surface area (Å²) in [5.74, 6) is -3.78. The highest BCUT2D eigenvalue weighted by atomic mass is 19.4. The van der Waals surface area contributed by atoms with E-state index in [0.29, 0.717) is 24.4 Å². The molecule has 0 N–H and O–H groups in total. The molecule has 42 heavy (non-hydrogen) atoms. The van der Waals surface area contributed by atoms with Crippen molar-refractivity contribution in [3.8, 4) is 6.07 Å². The van der Waals surface area contributed by atoms with Crippen molar-refractivity contribution in [1.82, 2.24) is 19.7 Å². The summed E-state index contributed by atoms with van der Waals surface area (Å²) in [7, 11) is 1.81. The number of carbonyl (C=O) groups is 1. The van der Waals surface area contributed by atoms with Gasteiger partial charge in [0.1, 0.15) is 12.2 Å². The molecule has 2 aromatic carbocycles. The fraction of sp³-hybridized carbons (Fsp3) is 0.467. The van der Waals surface area contributed by atoms with Crippen LogP contribution in [0.3, 0.4) is 0 Å². The lowest BCUT2D eigenvalue weighted by molar-refractivity contribution is -0.138. The number of aryl methyl sites for hydroxylation is 1. The van der Waals surface area contributed by atoms with Gasteiger partial charge in [-0.1, -0.05) is 19.1 Å². The number of likely N-dealkylation sites (tertiary alicyclic amines) is 1. The SMILES string of the molecule is C[C@@H]1CN(Cc2cc3c(c(C(F)(F)F)c2)CN(c2cccc(C4(c5nncn5C)CC(C#N)C4)c2)C3=O)CCC1(F)F. The van der Waals surface area contributed by atoms with Gasteiger partial charge in [-0.05, 0) is 53.8 Å². The largest absolute Gasteiger partial charge is 0.416 e. The molecule has 220 valence electrons. The maximum Gasteiger partial charge on any atom is 0.416 e. The fourth-order valence-corrected chi connectivity index (χ4v) is 6.70. The third kappa shape index (κ3) is 4.64. The second-order valence-electron chi connectivity index (χ2n) is 11.8. The Morgan fingerprint density at radius 1 is 1.17 bits per heavy atom. The molecule has 3 aliphatic rings. The predicted octanol–water partition coefficient (Wildman–Crippen LogP) is 5.69. The standard InChI is InChI=1S/C30H29F5N6O/c1-18-14-40(7-6-29(18,31)32)15-19-8-23-24(25(9-19)30(33,34)35)16-41(26(23)42)22-5-3-4-21(10-22)28(11-20(12-28)13-36)27-38-37-17-39(27)2/h3-5,8-10,17-18,20H,6-7,11-12,14-16H2,1-2H3/t18-,20?,28?/m1/s1. The Morgan fingerprint density at radius 3 is 2.57 bits per heavy atom. The summed E-state index contributed by atoms with van der Waals surface area (Å²) in [6.45, 7) is 1.34.